The zero-order valence-corrected chi connectivity index (χ0v) is 11.8. The van der Waals surface area contributed by atoms with Crippen molar-refractivity contribution >= 4 is 6.29 Å². The highest BCUT2D eigenvalue weighted by Crippen LogP contribution is 2.22. The SMILES string of the molecule is O=C[C@H](NCCc1ccc(O)cc1O)[C@@H](O)[C@@H](O)[C@H](O)CO. The molecule has 0 saturated heterocycles. The van der Waals surface area contributed by atoms with Crippen molar-refractivity contribution in [3.8, 4) is 11.5 Å². The normalized spacial score (nSPS) is 16.7. The maximum atomic E-state index is 11.0. The number of carbonyl (C=O) groups is 1. The summed E-state index contributed by atoms with van der Waals surface area (Å²) in [6.07, 6.45) is -4.13. The van der Waals surface area contributed by atoms with E-state index in [4.69, 9.17) is 5.11 Å². The summed E-state index contributed by atoms with van der Waals surface area (Å²) >= 11 is 0. The first-order valence-corrected chi connectivity index (χ1v) is 6.75. The molecule has 1 rings (SSSR count). The molecule has 0 bridgehead atoms. The first-order valence-electron chi connectivity index (χ1n) is 6.75. The van der Waals surface area contributed by atoms with Crippen LogP contribution in [-0.4, -0.2) is 74.4 Å². The Bertz CT molecular complexity index is 482. The van der Waals surface area contributed by atoms with Crippen LogP contribution in [0.4, 0.5) is 0 Å². The van der Waals surface area contributed by atoms with Gasteiger partial charge in [0.1, 0.15) is 36.1 Å². The average molecular weight is 315 g/mol. The Morgan fingerprint density at radius 3 is 2.36 bits per heavy atom. The van der Waals surface area contributed by atoms with Crippen molar-refractivity contribution in [2.24, 2.45) is 0 Å². The standard InChI is InChI=1S/C14H21NO7/c16-6-10(13(21)14(22)12(20)7-17)15-4-3-8-1-2-9(18)5-11(8)19/h1-2,5-6,10,12-15,17-22H,3-4,7H2/t10-,12+,13+,14-/m0/s1. The molecule has 0 unspecified atom stereocenters. The van der Waals surface area contributed by atoms with E-state index in [0.717, 1.165) is 0 Å². The van der Waals surface area contributed by atoms with Crippen molar-refractivity contribution in [1.29, 1.82) is 0 Å². The van der Waals surface area contributed by atoms with Crippen LogP contribution in [-0.2, 0) is 11.2 Å². The molecule has 4 atom stereocenters. The minimum absolute atomic E-state index is 0.0727. The smallest absolute Gasteiger partial charge is 0.139 e. The summed E-state index contributed by atoms with van der Waals surface area (Å²) in [5, 5.41) is 58.7. The molecule has 0 aliphatic rings. The Balaban J connectivity index is 2.55. The molecule has 0 aromatic heterocycles. The third-order valence-electron chi connectivity index (χ3n) is 3.29. The average Bonchev–Trinajstić information content (AvgIpc) is 2.51. The van der Waals surface area contributed by atoms with E-state index in [0.29, 0.717) is 18.3 Å². The number of nitrogens with one attached hydrogen (secondary N) is 1. The summed E-state index contributed by atoms with van der Waals surface area (Å²) in [5.74, 6) is -0.169. The van der Waals surface area contributed by atoms with E-state index in [1.165, 1.54) is 18.2 Å². The van der Waals surface area contributed by atoms with E-state index in [9.17, 15) is 30.3 Å². The Morgan fingerprint density at radius 2 is 1.82 bits per heavy atom. The van der Waals surface area contributed by atoms with Crippen LogP contribution >= 0.6 is 0 Å². The summed E-state index contributed by atoms with van der Waals surface area (Å²) in [7, 11) is 0. The third-order valence-corrected chi connectivity index (χ3v) is 3.29. The van der Waals surface area contributed by atoms with Crippen molar-refractivity contribution in [3.05, 3.63) is 23.8 Å². The molecule has 7 N–H and O–H groups in total. The van der Waals surface area contributed by atoms with Gasteiger partial charge in [-0.3, -0.25) is 0 Å². The Labute approximate surface area is 127 Å². The summed E-state index contributed by atoms with van der Waals surface area (Å²) in [6.45, 7) is -0.550. The molecule has 0 heterocycles. The lowest BCUT2D eigenvalue weighted by Gasteiger charge is -2.26. The van der Waals surface area contributed by atoms with E-state index in [2.05, 4.69) is 5.32 Å². The number of aliphatic hydroxyl groups excluding tert-OH is 4. The van der Waals surface area contributed by atoms with E-state index >= 15 is 0 Å². The van der Waals surface area contributed by atoms with Gasteiger partial charge >= 0.3 is 0 Å². The van der Waals surface area contributed by atoms with Crippen molar-refractivity contribution in [2.75, 3.05) is 13.2 Å². The molecule has 124 valence electrons. The molecule has 0 amide bonds. The third kappa shape index (κ3) is 4.93. The number of rotatable bonds is 9. The first kappa shape index (κ1) is 18.3. The number of aliphatic hydroxyl groups is 4. The number of phenolic OH excluding ortho intramolecular Hbond substituents is 2. The van der Waals surface area contributed by atoms with Gasteiger partial charge in [-0.1, -0.05) is 6.07 Å². The molecule has 1 aromatic rings. The Morgan fingerprint density at radius 1 is 1.14 bits per heavy atom. The summed E-state index contributed by atoms with van der Waals surface area (Å²) in [5.41, 5.74) is 0.528. The Kier molecular flexibility index (Phi) is 7.22. The highest BCUT2D eigenvalue weighted by molar-refractivity contribution is 5.58. The molecular weight excluding hydrogens is 294 g/mol. The van der Waals surface area contributed by atoms with Gasteiger partial charge in [0.2, 0.25) is 0 Å². The van der Waals surface area contributed by atoms with Crippen molar-refractivity contribution < 1.29 is 35.4 Å². The molecule has 8 nitrogen and oxygen atoms in total. The molecule has 22 heavy (non-hydrogen) atoms. The number of hydrogen-bond acceptors (Lipinski definition) is 8. The topological polar surface area (TPSA) is 150 Å². The quantitative estimate of drug-likeness (QED) is 0.255. The fourth-order valence-corrected chi connectivity index (χ4v) is 1.93. The first-order chi connectivity index (χ1) is 10.4. The lowest BCUT2D eigenvalue weighted by Crippen LogP contribution is -2.52. The van der Waals surface area contributed by atoms with Crippen LogP contribution in [0.1, 0.15) is 5.56 Å². The zero-order valence-electron chi connectivity index (χ0n) is 11.8. The minimum Gasteiger partial charge on any atom is -0.508 e. The van der Waals surface area contributed by atoms with Gasteiger partial charge in [0, 0.05) is 12.6 Å². The minimum atomic E-state index is -1.67. The zero-order chi connectivity index (χ0) is 16.7. The molecule has 0 aliphatic heterocycles. The molecule has 8 heteroatoms. The molecule has 0 spiro atoms. The maximum Gasteiger partial charge on any atom is 0.139 e. The highest BCUT2D eigenvalue weighted by Gasteiger charge is 2.30. The number of benzene rings is 1. The van der Waals surface area contributed by atoms with Gasteiger partial charge in [0.25, 0.3) is 0 Å². The van der Waals surface area contributed by atoms with E-state index in [1.807, 2.05) is 0 Å². The molecular formula is C14H21NO7. The Hall–Kier alpha value is -1.71. The van der Waals surface area contributed by atoms with Crippen molar-refractivity contribution in [3.63, 3.8) is 0 Å². The number of carbonyl (C=O) groups excluding carboxylic acids is 1. The van der Waals surface area contributed by atoms with Gasteiger partial charge in [-0.2, -0.15) is 0 Å². The number of hydrogen-bond donors (Lipinski definition) is 7. The van der Waals surface area contributed by atoms with Crippen LogP contribution in [0.5, 0.6) is 11.5 Å². The second-order valence-corrected chi connectivity index (χ2v) is 4.91. The van der Waals surface area contributed by atoms with Crippen LogP contribution in [0.25, 0.3) is 0 Å². The largest absolute Gasteiger partial charge is 0.508 e. The fourth-order valence-electron chi connectivity index (χ4n) is 1.93. The number of aldehydes is 1. The van der Waals surface area contributed by atoms with Crippen LogP contribution in [0.2, 0.25) is 0 Å². The summed E-state index contributed by atoms with van der Waals surface area (Å²) in [4.78, 5) is 11.0. The maximum absolute atomic E-state index is 11.0. The molecule has 0 saturated carbocycles. The predicted octanol–water partition coefficient (Wildman–Crippen LogP) is -2.13. The number of aromatic hydroxyl groups is 2. The number of phenols is 2. The lowest BCUT2D eigenvalue weighted by atomic mass is 10.0. The highest BCUT2D eigenvalue weighted by atomic mass is 16.4. The van der Waals surface area contributed by atoms with E-state index < -0.39 is 31.0 Å². The van der Waals surface area contributed by atoms with Crippen molar-refractivity contribution in [2.45, 2.75) is 30.8 Å². The summed E-state index contributed by atoms with van der Waals surface area (Å²) < 4.78 is 0. The predicted molar refractivity (Wildman–Crippen MR) is 76.4 cm³/mol. The molecule has 0 fully saturated rings. The molecule has 0 radical (unpaired) electrons. The van der Waals surface area contributed by atoms with Crippen LogP contribution in [0, 0.1) is 0 Å². The van der Waals surface area contributed by atoms with E-state index in [-0.39, 0.29) is 18.0 Å². The van der Waals surface area contributed by atoms with Crippen LogP contribution < -0.4 is 5.32 Å². The van der Waals surface area contributed by atoms with Gasteiger partial charge in [-0.15, -0.1) is 0 Å². The summed E-state index contributed by atoms with van der Waals surface area (Å²) in [6, 6.07) is 2.96. The van der Waals surface area contributed by atoms with Gasteiger partial charge in [0.05, 0.1) is 12.6 Å². The second kappa shape index (κ2) is 8.66. The monoisotopic (exact) mass is 315 g/mol. The van der Waals surface area contributed by atoms with Gasteiger partial charge < -0.3 is 40.8 Å². The van der Waals surface area contributed by atoms with Gasteiger partial charge in [-0.25, -0.2) is 0 Å². The van der Waals surface area contributed by atoms with Gasteiger partial charge in [-0.05, 0) is 18.1 Å². The van der Waals surface area contributed by atoms with Crippen LogP contribution in [0.3, 0.4) is 0 Å². The van der Waals surface area contributed by atoms with E-state index in [1.54, 1.807) is 0 Å². The fraction of sp³-hybridized carbons (Fsp3) is 0.500. The van der Waals surface area contributed by atoms with Crippen LogP contribution in [0.15, 0.2) is 18.2 Å². The molecule has 1 aromatic carbocycles. The molecule has 0 aliphatic carbocycles. The second-order valence-electron chi connectivity index (χ2n) is 4.91. The lowest BCUT2D eigenvalue weighted by molar-refractivity contribution is -0.120. The van der Waals surface area contributed by atoms with Gasteiger partial charge in [0.15, 0.2) is 0 Å². The van der Waals surface area contributed by atoms with Crippen molar-refractivity contribution in [1.82, 2.24) is 5.32 Å².